The third-order valence-corrected chi connectivity index (χ3v) is 6.44. The Morgan fingerprint density at radius 3 is 1.52 bits per heavy atom. The molecule has 0 radical (unpaired) electrons. The maximum atomic E-state index is 13.5. The van der Waals surface area contributed by atoms with E-state index in [0.29, 0.717) is 62.7 Å². The van der Waals surface area contributed by atoms with Crippen LogP contribution in [0.25, 0.3) is 0 Å². The Kier molecular flexibility index (Phi) is 14.4. The molecule has 0 rings (SSSR count). The van der Waals surface area contributed by atoms with E-state index >= 15 is 0 Å². The van der Waals surface area contributed by atoms with Crippen molar-refractivity contribution >= 4 is 54.0 Å². The number of nitrogens with one attached hydrogen (secondary N) is 1. The summed E-state index contributed by atoms with van der Waals surface area (Å²) in [5.41, 5.74) is 0. The minimum Gasteiger partial charge on any atom is -0.396 e. The third kappa shape index (κ3) is 8.05. The molecule has 0 atom stereocenters. The Bertz CT molecular complexity index is 271. The second-order valence-corrected chi connectivity index (χ2v) is 8.24. The Morgan fingerprint density at radius 1 is 0.857 bits per heavy atom. The molecule has 0 amide bonds. The molecule has 0 heterocycles. The van der Waals surface area contributed by atoms with Gasteiger partial charge < -0.3 is 5.11 Å². The lowest BCUT2D eigenvalue weighted by atomic mass is 10.5. The largest absolute Gasteiger partial charge is 0.396 e. The van der Waals surface area contributed by atoms with Crippen molar-refractivity contribution in [3.8, 4) is 0 Å². The van der Waals surface area contributed by atoms with Gasteiger partial charge in [-0.05, 0) is 6.42 Å². The van der Waals surface area contributed by atoms with E-state index in [0.717, 1.165) is 0 Å². The number of halogens is 4. The SMILES string of the molecule is O=P(NCCCO)(N(CCCl)CCCl)N(CCCl)CCCl. The van der Waals surface area contributed by atoms with Gasteiger partial charge in [-0.15, -0.1) is 46.4 Å². The van der Waals surface area contributed by atoms with Crippen LogP contribution in [0.1, 0.15) is 6.42 Å². The molecule has 0 aliphatic heterocycles. The van der Waals surface area contributed by atoms with E-state index in [-0.39, 0.29) is 6.61 Å². The summed E-state index contributed by atoms with van der Waals surface area (Å²) in [6.45, 7) is 2.23. The van der Waals surface area contributed by atoms with Crippen molar-refractivity contribution in [2.45, 2.75) is 6.42 Å². The minimum absolute atomic E-state index is 0.0308. The molecule has 0 aromatic heterocycles. The number of hydrogen-bond donors (Lipinski definition) is 2. The van der Waals surface area contributed by atoms with Crippen molar-refractivity contribution in [2.24, 2.45) is 0 Å². The summed E-state index contributed by atoms with van der Waals surface area (Å²) in [4.78, 5) is 0. The highest BCUT2D eigenvalue weighted by Gasteiger charge is 2.35. The van der Waals surface area contributed by atoms with Gasteiger partial charge in [0.25, 0.3) is 7.59 Å². The number of alkyl halides is 4. The molecule has 21 heavy (non-hydrogen) atoms. The van der Waals surface area contributed by atoms with E-state index in [1.54, 1.807) is 9.34 Å². The van der Waals surface area contributed by atoms with Gasteiger partial charge in [-0.2, -0.15) is 0 Å². The van der Waals surface area contributed by atoms with Gasteiger partial charge in [0, 0.05) is 62.9 Å². The average Bonchev–Trinajstić information content (AvgIpc) is 2.47. The summed E-state index contributed by atoms with van der Waals surface area (Å²) in [6, 6.07) is 0. The fraction of sp³-hybridized carbons (Fsp3) is 1.00. The van der Waals surface area contributed by atoms with Crippen molar-refractivity contribution < 1.29 is 9.67 Å². The van der Waals surface area contributed by atoms with Gasteiger partial charge in [0.05, 0.1) is 0 Å². The van der Waals surface area contributed by atoms with Crippen LogP contribution in [0.4, 0.5) is 0 Å². The number of hydrogen-bond acceptors (Lipinski definition) is 2. The van der Waals surface area contributed by atoms with E-state index in [2.05, 4.69) is 5.09 Å². The molecule has 2 N–H and O–H groups in total. The van der Waals surface area contributed by atoms with Crippen LogP contribution in [0.2, 0.25) is 0 Å². The molecule has 10 heteroatoms. The first-order valence-corrected chi connectivity index (χ1v) is 10.6. The monoisotopic (exact) mass is 401 g/mol. The Hall–Kier alpha value is 1.23. The maximum absolute atomic E-state index is 13.5. The zero-order chi connectivity index (χ0) is 16.1. The lowest BCUT2D eigenvalue weighted by molar-refractivity contribution is 0.286. The summed E-state index contributed by atoms with van der Waals surface area (Å²) in [5, 5.41) is 12.0. The molecule has 0 aromatic rings. The van der Waals surface area contributed by atoms with Crippen LogP contribution in [0.15, 0.2) is 0 Å². The third-order valence-electron chi connectivity index (χ3n) is 2.79. The predicted octanol–water partition coefficient (Wildman–Crippen LogP) is 2.63. The molecule has 0 unspecified atom stereocenters. The number of rotatable bonds is 14. The second-order valence-electron chi connectivity index (χ2n) is 4.19. The molecule has 0 saturated carbocycles. The zero-order valence-corrected chi connectivity index (χ0v) is 15.9. The molecular formula is C11H24Cl4N3O2P. The van der Waals surface area contributed by atoms with Crippen LogP contribution in [0.5, 0.6) is 0 Å². The number of nitrogens with zero attached hydrogens (tertiary/aromatic N) is 2. The minimum atomic E-state index is -3.07. The lowest BCUT2D eigenvalue weighted by Gasteiger charge is -2.38. The summed E-state index contributed by atoms with van der Waals surface area (Å²) in [7, 11) is -3.07. The Morgan fingerprint density at radius 2 is 1.24 bits per heavy atom. The molecule has 0 aliphatic carbocycles. The van der Waals surface area contributed by atoms with Crippen LogP contribution >= 0.6 is 54.0 Å². The van der Waals surface area contributed by atoms with E-state index in [1.165, 1.54) is 0 Å². The van der Waals surface area contributed by atoms with Gasteiger partial charge in [0.15, 0.2) is 0 Å². The molecular weight excluding hydrogens is 379 g/mol. The highest BCUT2D eigenvalue weighted by molar-refractivity contribution is 7.57. The lowest BCUT2D eigenvalue weighted by Crippen LogP contribution is -2.42. The summed E-state index contributed by atoms with van der Waals surface area (Å²) >= 11 is 23.3. The van der Waals surface area contributed by atoms with Crippen LogP contribution in [0.3, 0.4) is 0 Å². The van der Waals surface area contributed by atoms with Crippen LogP contribution in [-0.4, -0.2) is 77.3 Å². The van der Waals surface area contributed by atoms with Crippen LogP contribution in [0, 0.1) is 0 Å². The molecule has 0 fully saturated rings. The number of aliphatic hydroxyl groups is 1. The standard InChI is InChI=1S/C11H24Cl4N3O2P/c12-2-7-17(8-3-13)21(20,16-6-1-11-19)18(9-4-14)10-5-15/h19H,1-11H2,(H,16,20). The van der Waals surface area contributed by atoms with E-state index in [4.69, 9.17) is 51.5 Å². The van der Waals surface area contributed by atoms with E-state index in [9.17, 15) is 4.57 Å². The quantitative estimate of drug-likeness (QED) is 0.266. The second kappa shape index (κ2) is 13.6. The summed E-state index contributed by atoms with van der Waals surface area (Å²) in [5.74, 6) is 1.38. The topological polar surface area (TPSA) is 55.8 Å². The van der Waals surface area contributed by atoms with Crippen molar-refractivity contribution in [2.75, 3.05) is 62.9 Å². The predicted molar refractivity (Wildman–Crippen MR) is 93.3 cm³/mol. The number of aliphatic hydroxyl groups excluding tert-OH is 1. The molecule has 0 bridgehead atoms. The van der Waals surface area contributed by atoms with Gasteiger partial charge in [-0.1, -0.05) is 0 Å². The first-order chi connectivity index (χ1) is 10.1. The van der Waals surface area contributed by atoms with Gasteiger partial charge in [0.1, 0.15) is 0 Å². The fourth-order valence-electron chi connectivity index (χ4n) is 1.84. The first kappa shape index (κ1) is 22.2. The highest BCUT2D eigenvalue weighted by Crippen LogP contribution is 2.49. The van der Waals surface area contributed by atoms with Gasteiger partial charge in [-0.25, -0.2) is 14.4 Å². The first-order valence-electron chi connectivity index (χ1n) is 6.81. The van der Waals surface area contributed by atoms with Crippen LogP contribution in [-0.2, 0) is 4.57 Å². The van der Waals surface area contributed by atoms with Gasteiger partial charge in [-0.3, -0.25) is 4.57 Å². The molecule has 128 valence electrons. The normalized spacial score (nSPS) is 12.5. The van der Waals surface area contributed by atoms with Crippen molar-refractivity contribution in [3.05, 3.63) is 0 Å². The molecule has 0 aromatic carbocycles. The molecule has 0 spiro atoms. The smallest absolute Gasteiger partial charge is 0.284 e. The Balaban J connectivity index is 5.20. The van der Waals surface area contributed by atoms with Crippen molar-refractivity contribution in [1.82, 2.24) is 14.4 Å². The maximum Gasteiger partial charge on any atom is 0.284 e. The molecule has 0 aliphatic rings. The molecule has 0 saturated heterocycles. The van der Waals surface area contributed by atoms with E-state index in [1.807, 2.05) is 0 Å². The van der Waals surface area contributed by atoms with E-state index < -0.39 is 7.59 Å². The fourth-order valence-corrected chi connectivity index (χ4v) is 5.82. The van der Waals surface area contributed by atoms with Crippen LogP contribution < -0.4 is 5.09 Å². The summed E-state index contributed by atoms with van der Waals surface area (Å²) < 4.78 is 17.0. The summed E-state index contributed by atoms with van der Waals surface area (Å²) in [6.07, 6.45) is 0.509. The highest BCUT2D eigenvalue weighted by atomic mass is 35.5. The van der Waals surface area contributed by atoms with Gasteiger partial charge in [0.2, 0.25) is 0 Å². The average molecular weight is 403 g/mol. The van der Waals surface area contributed by atoms with Crippen molar-refractivity contribution in [3.63, 3.8) is 0 Å². The Labute approximate surface area is 147 Å². The van der Waals surface area contributed by atoms with Gasteiger partial charge >= 0.3 is 0 Å². The van der Waals surface area contributed by atoms with Crippen molar-refractivity contribution in [1.29, 1.82) is 0 Å². The molecule has 5 nitrogen and oxygen atoms in total. The zero-order valence-electron chi connectivity index (χ0n) is 12.0.